The number of aliphatic carboxylic acids is 2. The minimum atomic E-state index is -1.88. The van der Waals surface area contributed by atoms with Crippen LogP contribution in [-0.2, 0) is 23.9 Å². The molecule has 0 aliphatic carbocycles. The Hall–Kier alpha value is -1.99. The summed E-state index contributed by atoms with van der Waals surface area (Å²) in [6.45, 7) is 1.70. The van der Waals surface area contributed by atoms with Gasteiger partial charge < -0.3 is 19.7 Å². The minimum absolute atomic E-state index is 0.0399. The SMILES string of the molecule is CC=CCCCCC=CCCCCC(=O)C12CCC(C(=O)O)(O1)C(C(=O)O)CO2. The Balaban J connectivity index is 1.73. The second-order valence-corrected chi connectivity index (χ2v) is 7.75. The number of hydrogen-bond donors (Lipinski definition) is 2. The lowest BCUT2D eigenvalue weighted by molar-refractivity contribution is -0.289. The predicted molar refractivity (Wildman–Crippen MR) is 106 cm³/mol. The van der Waals surface area contributed by atoms with Gasteiger partial charge >= 0.3 is 11.9 Å². The summed E-state index contributed by atoms with van der Waals surface area (Å²) in [5.74, 6) is -5.85. The molecule has 2 bridgehead atoms. The quantitative estimate of drug-likeness (QED) is 0.351. The van der Waals surface area contributed by atoms with Crippen LogP contribution in [0.3, 0.4) is 0 Å². The van der Waals surface area contributed by atoms with Crippen molar-refractivity contribution in [3.63, 3.8) is 0 Å². The molecule has 0 aromatic heterocycles. The van der Waals surface area contributed by atoms with Crippen LogP contribution in [0.4, 0.5) is 0 Å². The molecule has 3 unspecified atom stereocenters. The summed E-state index contributed by atoms with van der Waals surface area (Å²) in [5.41, 5.74) is -1.88. The van der Waals surface area contributed by atoms with E-state index in [4.69, 9.17) is 9.47 Å². The van der Waals surface area contributed by atoms with Gasteiger partial charge in [0.2, 0.25) is 5.79 Å². The van der Waals surface area contributed by atoms with E-state index in [9.17, 15) is 24.6 Å². The van der Waals surface area contributed by atoms with E-state index in [1.807, 2.05) is 6.92 Å². The highest BCUT2D eigenvalue weighted by molar-refractivity contribution is 5.91. The van der Waals surface area contributed by atoms with E-state index >= 15 is 0 Å². The lowest BCUT2D eigenvalue weighted by Gasteiger charge is -2.40. The smallest absolute Gasteiger partial charge is 0.337 e. The standard InChI is InChI=1S/C22H32O7/c1-2-3-4-5-6-7-8-9-10-11-12-13-18(23)22-15-14-21(29-22,20(26)27)17(16-28-22)19(24)25/h2-3,8-9,17H,4-7,10-16H2,1H3,(H,24,25)(H,26,27). The van der Waals surface area contributed by atoms with Crippen molar-refractivity contribution >= 4 is 17.7 Å². The third-order valence-electron chi connectivity index (χ3n) is 5.72. The van der Waals surface area contributed by atoms with E-state index in [1.54, 1.807) is 0 Å². The van der Waals surface area contributed by atoms with Crippen molar-refractivity contribution in [3.05, 3.63) is 24.3 Å². The number of hydrogen-bond acceptors (Lipinski definition) is 5. The van der Waals surface area contributed by atoms with Gasteiger partial charge in [0, 0.05) is 12.8 Å². The highest BCUT2D eigenvalue weighted by Crippen LogP contribution is 2.49. The van der Waals surface area contributed by atoms with Crippen LogP contribution >= 0.6 is 0 Å². The molecule has 2 aliphatic heterocycles. The summed E-state index contributed by atoms with van der Waals surface area (Å²) < 4.78 is 11.0. The van der Waals surface area contributed by atoms with Crippen molar-refractivity contribution in [2.75, 3.05) is 6.61 Å². The van der Waals surface area contributed by atoms with Crippen molar-refractivity contribution in [3.8, 4) is 0 Å². The summed E-state index contributed by atoms with van der Waals surface area (Å²) in [6, 6.07) is 0. The predicted octanol–water partition coefficient (Wildman–Crippen LogP) is 3.87. The number of carbonyl (C=O) groups excluding carboxylic acids is 1. The van der Waals surface area contributed by atoms with Crippen molar-refractivity contribution < 1.29 is 34.1 Å². The fourth-order valence-electron chi connectivity index (χ4n) is 3.96. The molecule has 0 amide bonds. The number of carboxylic acid groups (broad SMARTS) is 2. The third-order valence-corrected chi connectivity index (χ3v) is 5.72. The van der Waals surface area contributed by atoms with E-state index in [2.05, 4.69) is 24.3 Å². The van der Waals surface area contributed by atoms with Crippen LogP contribution in [0.5, 0.6) is 0 Å². The first kappa shape index (κ1) is 23.3. The maximum Gasteiger partial charge on any atom is 0.337 e. The third kappa shape index (κ3) is 5.54. The average Bonchev–Trinajstić information content (AvgIpc) is 3.00. The highest BCUT2D eigenvalue weighted by Gasteiger charge is 2.66. The molecule has 0 aromatic carbocycles. The monoisotopic (exact) mass is 408 g/mol. The summed E-state index contributed by atoms with van der Waals surface area (Å²) >= 11 is 0. The van der Waals surface area contributed by atoms with Gasteiger partial charge in [-0.15, -0.1) is 0 Å². The molecule has 2 heterocycles. The number of Topliss-reactive ketones (excluding diaryl/α,β-unsaturated/α-hetero) is 1. The van der Waals surface area contributed by atoms with Gasteiger partial charge in [-0.2, -0.15) is 0 Å². The van der Waals surface area contributed by atoms with Crippen molar-refractivity contribution in [1.82, 2.24) is 0 Å². The average molecular weight is 408 g/mol. The molecule has 3 atom stereocenters. The van der Waals surface area contributed by atoms with Crippen molar-refractivity contribution in [2.24, 2.45) is 5.92 Å². The molecule has 0 spiro atoms. The van der Waals surface area contributed by atoms with Crippen molar-refractivity contribution in [2.45, 2.75) is 82.5 Å². The fraction of sp³-hybridized carbons (Fsp3) is 0.682. The Kier molecular flexibility index (Phi) is 8.59. The zero-order valence-electron chi connectivity index (χ0n) is 17.1. The molecule has 0 radical (unpaired) electrons. The molecule has 0 saturated carbocycles. The van der Waals surface area contributed by atoms with E-state index in [-0.39, 0.29) is 31.7 Å². The number of carbonyl (C=O) groups is 3. The molecule has 0 aromatic rings. The first-order valence-electron chi connectivity index (χ1n) is 10.5. The van der Waals surface area contributed by atoms with Gasteiger partial charge in [0.25, 0.3) is 0 Å². The van der Waals surface area contributed by atoms with Gasteiger partial charge in [0.1, 0.15) is 5.92 Å². The van der Waals surface area contributed by atoms with E-state index in [1.165, 1.54) is 12.8 Å². The van der Waals surface area contributed by atoms with Gasteiger partial charge in [0.15, 0.2) is 11.4 Å². The number of ketones is 1. The van der Waals surface area contributed by atoms with Crippen LogP contribution < -0.4 is 0 Å². The summed E-state index contributed by atoms with van der Waals surface area (Å²) in [5, 5.41) is 18.8. The summed E-state index contributed by atoms with van der Waals surface area (Å²) in [4.78, 5) is 35.8. The lowest BCUT2D eigenvalue weighted by Crippen LogP contribution is -2.59. The van der Waals surface area contributed by atoms with Crippen LogP contribution in [0.2, 0.25) is 0 Å². The topological polar surface area (TPSA) is 110 Å². The van der Waals surface area contributed by atoms with E-state index in [0.717, 1.165) is 25.7 Å². The Morgan fingerprint density at radius 3 is 2.17 bits per heavy atom. The zero-order valence-corrected chi connectivity index (χ0v) is 17.1. The summed E-state index contributed by atoms with van der Waals surface area (Å²) in [7, 11) is 0. The molecular formula is C22H32O7. The highest BCUT2D eigenvalue weighted by atomic mass is 16.7. The Morgan fingerprint density at radius 1 is 0.966 bits per heavy atom. The largest absolute Gasteiger partial charge is 0.481 e. The molecule has 2 saturated heterocycles. The second kappa shape index (κ2) is 10.7. The first-order valence-corrected chi connectivity index (χ1v) is 10.5. The van der Waals surface area contributed by atoms with E-state index < -0.39 is 29.2 Å². The molecule has 2 aliphatic rings. The molecule has 162 valence electrons. The number of unbranched alkanes of at least 4 members (excludes halogenated alkanes) is 5. The molecule has 7 heteroatoms. The number of carboxylic acids is 2. The van der Waals surface area contributed by atoms with Gasteiger partial charge in [-0.3, -0.25) is 9.59 Å². The van der Waals surface area contributed by atoms with Crippen LogP contribution in [0, 0.1) is 5.92 Å². The molecule has 2 N–H and O–H groups in total. The van der Waals surface area contributed by atoms with Crippen LogP contribution in [0.15, 0.2) is 24.3 Å². The Labute approximate surface area is 171 Å². The van der Waals surface area contributed by atoms with Crippen LogP contribution in [-0.4, -0.2) is 45.9 Å². The van der Waals surface area contributed by atoms with Gasteiger partial charge in [-0.25, -0.2) is 4.79 Å². The number of allylic oxidation sites excluding steroid dienone is 4. The minimum Gasteiger partial charge on any atom is -0.481 e. The molecule has 2 fully saturated rings. The Bertz CT molecular complexity index is 650. The van der Waals surface area contributed by atoms with Gasteiger partial charge in [-0.1, -0.05) is 24.3 Å². The molecule has 29 heavy (non-hydrogen) atoms. The number of fused-ring (bicyclic) bond motifs is 2. The fourth-order valence-corrected chi connectivity index (χ4v) is 3.96. The normalized spacial score (nSPS) is 28.9. The maximum absolute atomic E-state index is 12.7. The second-order valence-electron chi connectivity index (χ2n) is 7.75. The van der Waals surface area contributed by atoms with Gasteiger partial charge in [-0.05, 0) is 58.3 Å². The maximum atomic E-state index is 12.7. The lowest BCUT2D eigenvalue weighted by atomic mass is 9.85. The molecule has 7 nitrogen and oxygen atoms in total. The zero-order chi connectivity index (χ0) is 21.3. The van der Waals surface area contributed by atoms with Gasteiger partial charge in [0.05, 0.1) is 6.61 Å². The van der Waals surface area contributed by atoms with E-state index in [0.29, 0.717) is 6.42 Å². The number of ether oxygens (including phenoxy) is 2. The first-order chi connectivity index (χ1) is 13.9. The van der Waals surface area contributed by atoms with Crippen LogP contribution in [0.1, 0.15) is 71.1 Å². The van der Waals surface area contributed by atoms with Crippen molar-refractivity contribution in [1.29, 1.82) is 0 Å². The number of rotatable bonds is 13. The summed E-state index contributed by atoms with van der Waals surface area (Å²) in [6.07, 6.45) is 15.7. The molecule has 2 rings (SSSR count). The van der Waals surface area contributed by atoms with Crippen LogP contribution in [0.25, 0.3) is 0 Å². The molecular weight excluding hydrogens is 376 g/mol. The Morgan fingerprint density at radius 2 is 1.59 bits per heavy atom.